The monoisotopic (exact) mass is 336 g/mol. The summed E-state index contributed by atoms with van der Waals surface area (Å²) in [6, 6.07) is 8.48. The van der Waals surface area contributed by atoms with Crippen LogP contribution in [-0.2, 0) is 10.0 Å². The van der Waals surface area contributed by atoms with E-state index in [0.717, 1.165) is 24.3 Å². The van der Waals surface area contributed by atoms with Crippen molar-refractivity contribution in [1.29, 1.82) is 0 Å². The van der Waals surface area contributed by atoms with E-state index in [1.807, 2.05) is 14.1 Å². The fourth-order valence-corrected chi connectivity index (χ4v) is 3.79. The molecule has 0 spiro atoms. The van der Waals surface area contributed by atoms with Crippen LogP contribution in [0.3, 0.4) is 0 Å². The van der Waals surface area contributed by atoms with Gasteiger partial charge < -0.3 is 9.80 Å². The van der Waals surface area contributed by atoms with Crippen LogP contribution in [0.25, 0.3) is 0 Å². The summed E-state index contributed by atoms with van der Waals surface area (Å²) in [5.41, 5.74) is 2.30. The molecule has 1 aromatic rings. The standard InChI is InChI=1S/C17H25N3O2S/c1-4-13-23(21,22)18-14-17(20-11-5-6-12-20)15-7-9-16(10-8-15)19(2)3/h1,7-10,17-18H,5-6,11-14H2,2-3H3/p+1/t17-/m0/s1. The molecule has 6 heteroatoms. The number of quaternary nitrogens is 1. The molecule has 1 aliphatic rings. The Balaban J connectivity index is 2.15. The van der Waals surface area contributed by atoms with E-state index in [0.29, 0.717) is 6.54 Å². The highest BCUT2D eigenvalue weighted by Gasteiger charge is 2.28. The lowest BCUT2D eigenvalue weighted by Gasteiger charge is -2.25. The van der Waals surface area contributed by atoms with Crippen LogP contribution in [0, 0.1) is 12.3 Å². The molecule has 2 N–H and O–H groups in total. The second-order valence-corrected chi connectivity index (χ2v) is 8.02. The van der Waals surface area contributed by atoms with Crippen LogP contribution in [0.1, 0.15) is 24.4 Å². The number of nitrogens with one attached hydrogen (secondary N) is 2. The van der Waals surface area contributed by atoms with E-state index in [1.54, 1.807) is 0 Å². The maximum Gasteiger partial charge on any atom is 0.223 e. The van der Waals surface area contributed by atoms with Crippen molar-refractivity contribution in [1.82, 2.24) is 4.72 Å². The molecule has 0 amide bonds. The van der Waals surface area contributed by atoms with E-state index in [-0.39, 0.29) is 11.8 Å². The maximum absolute atomic E-state index is 11.9. The minimum atomic E-state index is -3.39. The highest BCUT2D eigenvalue weighted by molar-refractivity contribution is 7.89. The van der Waals surface area contributed by atoms with Crippen LogP contribution < -0.4 is 14.5 Å². The van der Waals surface area contributed by atoms with Gasteiger partial charge >= 0.3 is 0 Å². The van der Waals surface area contributed by atoms with Gasteiger partial charge in [0.1, 0.15) is 11.8 Å². The zero-order valence-electron chi connectivity index (χ0n) is 13.9. The van der Waals surface area contributed by atoms with Crippen molar-refractivity contribution in [2.24, 2.45) is 0 Å². The van der Waals surface area contributed by atoms with Gasteiger partial charge in [-0.25, -0.2) is 13.1 Å². The van der Waals surface area contributed by atoms with Crippen molar-refractivity contribution in [3.05, 3.63) is 29.8 Å². The lowest BCUT2D eigenvalue weighted by Crippen LogP contribution is -3.11. The number of rotatable bonds is 7. The molecule has 1 atom stereocenters. The van der Waals surface area contributed by atoms with Crippen LogP contribution in [0.4, 0.5) is 5.69 Å². The highest BCUT2D eigenvalue weighted by atomic mass is 32.2. The first-order valence-corrected chi connectivity index (χ1v) is 9.61. The molecule has 23 heavy (non-hydrogen) atoms. The largest absolute Gasteiger partial charge is 0.378 e. The Morgan fingerprint density at radius 1 is 1.26 bits per heavy atom. The predicted octanol–water partition coefficient (Wildman–Crippen LogP) is 0.0250. The molecular formula is C17H26N3O2S+. The van der Waals surface area contributed by atoms with Gasteiger partial charge in [0.25, 0.3) is 0 Å². The molecule has 1 fully saturated rings. The zero-order valence-corrected chi connectivity index (χ0v) is 14.7. The highest BCUT2D eigenvalue weighted by Crippen LogP contribution is 2.17. The fourth-order valence-electron chi connectivity index (χ4n) is 3.05. The van der Waals surface area contributed by atoms with E-state index in [4.69, 9.17) is 6.42 Å². The second kappa shape index (κ2) is 7.82. The van der Waals surface area contributed by atoms with Crippen LogP contribution in [0.5, 0.6) is 0 Å². The summed E-state index contributed by atoms with van der Waals surface area (Å²) in [5, 5.41) is 0. The van der Waals surface area contributed by atoms with Gasteiger partial charge in [-0.1, -0.05) is 18.1 Å². The molecule has 0 bridgehead atoms. The van der Waals surface area contributed by atoms with Crippen molar-refractivity contribution >= 4 is 15.7 Å². The lowest BCUT2D eigenvalue weighted by molar-refractivity contribution is -0.918. The summed E-state index contributed by atoms with van der Waals surface area (Å²) in [4.78, 5) is 3.49. The topological polar surface area (TPSA) is 53.9 Å². The van der Waals surface area contributed by atoms with Gasteiger partial charge in [0, 0.05) is 38.2 Å². The van der Waals surface area contributed by atoms with Gasteiger partial charge in [0.15, 0.2) is 0 Å². The summed E-state index contributed by atoms with van der Waals surface area (Å²) in [7, 11) is 0.619. The van der Waals surface area contributed by atoms with Crippen LogP contribution >= 0.6 is 0 Å². The van der Waals surface area contributed by atoms with E-state index in [2.05, 4.69) is 39.8 Å². The first-order chi connectivity index (χ1) is 10.9. The number of nitrogens with zero attached hydrogens (tertiary/aromatic N) is 1. The molecule has 0 aliphatic carbocycles. The number of likely N-dealkylation sites (tertiary alicyclic amines) is 1. The Bertz CT molecular complexity index is 641. The molecule has 1 heterocycles. The Kier molecular flexibility index (Phi) is 6.05. The molecule has 2 rings (SSSR count). The molecule has 5 nitrogen and oxygen atoms in total. The summed E-state index contributed by atoms with van der Waals surface area (Å²) in [5.74, 6) is 1.93. The molecule has 0 radical (unpaired) electrons. The summed E-state index contributed by atoms with van der Waals surface area (Å²) < 4.78 is 26.4. The first-order valence-electron chi connectivity index (χ1n) is 7.95. The van der Waals surface area contributed by atoms with E-state index in [1.165, 1.54) is 17.7 Å². The molecular weight excluding hydrogens is 310 g/mol. The third-order valence-electron chi connectivity index (χ3n) is 4.33. The van der Waals surface area contributed by atoms with Crippen LogP contribution in [-0.4, -0.2) is 47.9 Å². The Hall–Kier alpha value is -1.55. The normalized spacial score (nSPS) is 16.9. The maximum atomic E-state index is 11.9. The SMILES string of the molecule is C#CCS(=O)(=O)NC[C@@H](c1ccc(N(C)C)cc1)[NH+]1CCCC1. The molecule has 0 unspecified atom stereocenters. The summed E-state index contributed by atoms with van der Waals surface area (Å²) in [6.07, 6.45) is 7.51. The van der Waals surface area contributed by atoms with Crippen molar-refractivity contribution < 1.29 is 13.3 Å². The minimum Gasteiger partial charge on any atom is -0.378 e. The number of benzene rings is 1. The van der Waals surface area contributed by atoms with E-state index < -0.39 is 10.0 Å². The van der Waals surface area contributed by atoms with Gasteiger partial charge in [-0.3, -0.25) is 0 Å². The minimum absolute atomic E-state index is 0.126. The van der Waals surface area contributed by atoms with Gasteiger partial charge in [0.2, 0.25) is 10.0 Å². The average molecular weight is 336 g/mol. The number of sulfonamides is 1. The molecule has 1 aromatic carbocycles. The Morgan fingerprint density at radius 2 is 1.87 bits per heavy atom. The van der Waals surface area contributed by atoms with Crippen molar-refractivity contribution in [3.63, 3.8) is 0 Å². The lowest BCUT2D eigenvalue weighted by atomic mass is 10.1. The third kappa shape index (κ3) is 4.96. The van der Waals surface area contributed by atoms with Gasteiger partial charge in [-0.2, -0.15) is 0 Å². The van der Waals surface area contributed by atoms with Crippen molar-refractivity contribution in [3.8, 4) is 12.3 Å². The Morgan fingerprint density at radius 3 is 2.39 bits per heavy atom. The van der Waals surface area contributed by atoms with Crippen LogP contribution in [0.15, 0.2) is 24.3 Å². The molecule has 0 aromatic heterocycles. The van der Waals surface area contributed by atoms with Gasteiger partial charge in [-0.05, 0) is 12.1 Å². The van der Waals surface area contributed by atoms with Crippen LogP contribution in [0.2, 0.25) is 0 Å². The smallest absolute Gasteiger partial charge is 0.223 e. The molecule has 1 aliphatic heterocycles. The second-order valence-electron chi connectivity index (χ2n) is 6.22. The van der Waals surface area contributed by atoms with Crippen molar-refractivity contribution in [2.45, 2.75) is 18.9 Å². The number of terminal acetylenes is 1. The average Bonchev–Trinajstić information content (AvgIpc) is 3.02. The third-order valence-corrected chi connectivity index (χ3v) is 5.48. The van der Waals surface area contributed by atoms with E-state index >= 15 is 0 Å². The predicted molar refractivity (Wildman–Crippen MR) is 94.1 cm³/mol. The number of hydrogen-bond donors (Lipinski definition) is 2. The molecule has 126 valence electrons. The first kappa shape index (κ1) is 17.8. The quantitative estimate of drug-likeness (QED) is 0.691. The van der Waals surface area contributed by atoms with Crippen molar-refractivity contribution in [2.75, 3.05) is 44.4 Å². The summed E-state index contributed by atoms with van der Waals surface area (Å²) in [6.45, 7) is 2.55. The number of hydrogen-bond acceptors (Lipinski definition) is 3. The van der Waals surface area contributed by atoms with E-state index in [9.17, 15) is 8.42 Å². The zero-order chi connectivity index (χ0) is 16.9. The summed E-state index contributed by atoms with van der Waals surface area (Å²) >= 11 is 0. The van der Waals surface area contributed by atoms with Gasteiger partial charge in [0.05, 0.1) is 19.6 Å². The molecule has 1 saturated heterocycles. The number of anilines is 1. The Labute approximate surface area is 139 Å². The fraction of sp³-hybridized carbons (Fsp3) is 0.529. The molecule has 0 saturated carbocycles. The van der Waals surface area contributed by atoms with Gasteiger partial charge in [-0.15, -0.1) is 6.42 Å².